The molecule has 0 amide bonds. The average Bonchev–Trinajstić information content (AvgIpc) is 2.54. The molecule has 12 heavy (non-hydrogen) atoms. The molecule has 2 aromatic rings. The summed E-state index contributed by atoms with van der Waals surface area (Å²) >= 11 is 0. The first-order chi connectivity index (χ1) is 5.86. The first-order valence-electron chi connectivity index (χ1n) is 3.21. The lowest BCUT2D eigenvalue weighted by Gasteiger charge is -1.88. The number of hydrogen-bond acceptors (Lipinski definition) is 6. The maximum atomic E-state index is 5.23. The highest BCUT2D eigenvalue weighted by molar-refractivity contribution is 5.44. The van der Waals surface area contributed by atoms with Crippen molar-refractivity contribution < 1.29 is 4.42 Å². The van der Waals surface area contributed by atoms with Crippen LogP contribution in [0.15, 0.2) is 23.0 Å². The topological polar surface area (TPSA) is 90.7 Å². The molecular weight excluding hydrogens is 158 g/mol. The van der Waals surface area contributed by atoms with Crippen LogP contribution in [0.1, 0.15) is 0 Å². The van der Waals surface area contributed by atoms with E-state index < -0.39 is 0 Å². The maximum absolute atomic E-state index is 5.23. The van der Waals surface area contributed by atoms with E-state index in [0.717, 1.165) is 0 Å². The Hall–Kier alpha value is -1.98. The minimum Gasteiger partial charge on any atom is -0.402 e. The number of nitrogen functional groups attached to an aromatic ring is 1. The Morgan fingerprint density at radius 2 is 2.17 bits per heavy atom. The van der Waals surface area contributed by atoms with Crippen LogP contribution >= 0.6 is 0 Å². The summed E-state index contributed by atoms with van der Waals surface area (Å²) in [5, 5.41) is 7.13. The van der Waals surface area contributed by atoms with Gasteiger partial charge in [0.1, 0.15) is 5.69 Å². The molecule has 0 aromatic carbocycles. The number of nitrogens with two attached hydrogens (primary N) is 1. The summed E-state index contributed by atoms with van der Waals surface area (Å²) in [5.41, 5.74) is 5.74. The van der Waals surface area contributed by atoms with Crippen LogP contribution < -0.4 is 5.73 Å². The predicted octanol–water partition coefficient (Wildman–Crippen LogP) is 0.109. The van der Waals surface area contributed by atoms with Gasteiger partial charge in [-0.1, -0.05) is 5.10 Å². The molecule has 0 aliphatic carbocycles. The Bertz CT molecular complexity index is 370. The lowest BCUT2D eigenvalue weighted by atomic mass is 10.4. The van der Waals surface area contributed by atoms with Gasteiger partial charge in [0.15, 0.2) is 0 Å². The molecule has 60 valence electrons. The third kappa shape index (κ3) is 1.09. The average molecular weight is 163 g/mol. The molecule has 2 N–H and O–H groups in total. The molecule has 0 aliphatic rings. The number of hydrogen-bond donors (Lipinski definition) is 1. The molecule has 0 saturated heterocycles. The quantitative estimate of drug-likeness (QED) is 0.641. The van der Waals surface area contributed by atoms with E-state index in [-0.39, 0.29) is 11.9 Å². The Morgan fingerprint density at radius 3 is 2.75 bits per heavy atom. The molecule has 2 heterocycles. The fourth-order valence-corrected chi connectivity index (χ4v) is 0.748. The maximum Gasteiger partial charge on any atom is 0.313 e. The van der Waals surface area contributed by atoms with E-state index >= 15 is 0 Å². The molecule has 2 aromatic heterocycles. The third-order valence-corrected chi connectivity index (χ3v) is 1.22. The Kier molecular flexibility index (Phi) is 1.44. The van der Waals surface area contributed by atoms with E-state index in [4.69, 9.17) is 10.2 Å². The van der Waals surface area contributed by atoms with Crippen molar-refractivity contribution in [3.05, 3.63) is 18.6 Å². The van der Waals surface area contributed by atoms with Crippen LogP contribution in [0, 0.1) is 0 Å². The second-order valence-corrected chi connectivity index (χ2v) is 2.04. The second-order valence-electron chi connectivity index (χ2n) is 2.04. The van der Waals surface area contributed by atoms with E-state index in [1.54, 1.807) is 6.20 Å². The number of nitrogens with zero attached hydrogens (tertiary/aromatic N) is 4. The molecule has 0 unspecified atom stereocenters. The highest BCUT2D eigenvalue weighted by atomic mass is 16.4. The second kappa shape index (κ2) is 2.57. The van der Waals surface area contributed by atoms with Crippen LogP contribution in [0.25, 0.3) is 11.6 Å². The summed E-state index contributed by atoms with van der Waals surface area (Å²) in [7, 11) is 0. The fourth-order valence-electron chi connectivity index (χ4n) is 0.748. The molecule has 0 spiro atoms. The van der Waals surface area contributed by atoms with Gasteiger partial charge < -0.3 is 10.2 Å². The summed E-state index contributed by atoms with van der Waals surface area (Å²) in [4.78, 5) is 7.79. The molecule has 0 atom stereocenters. The van der Waals surface area contributed by atoms with Crippen LogP contribution in [-0.4, -0.2) is 20.2 Å². The van der Waals surface area contributed by atoms with Crippen LogP contribution in [0.5, 0.6) is 0 Å². The monoisotopic (exact) mass is 163 g/mol. The zero-order valence-electron chi connectivity index (χ0n) is 6.01. The number of aromatic nitrogens is 4. The van der Waals surface area contributed by atoms with Crippen LogP contribution in [0.3, 0.4) is 0 Å². The first kappa shape index (κ1) is 6.71. The van der Waals surface area contributed by atoms with Gasteiger partial charge in [0.25, 0.3) is 5.89 Å². The number of anilines is 1. The number of rotatable bonds is 1. The Labute approximate surface area is 67.5 Å². The van der Waals surface area contributed by atoms with Gasteiger partial charge in [0, 0.05) is 12.4 Å². The summed E-state index contributed by atoms with van der Waals surface area (Å²) in [6.45, 7) is 0. The van der Waals surface area contributed by atoms with Crippen molar-refractivity contribution in [2.75, 3.05) is 5.73 Å². The summed E-state index contributed by atoms with van der Waals surface area (Å²) in [5.74, 6) is 0.278. The van der Waals surface area contributed by atoms with Crippen molar-refractivity contribution in [2.45, 2.75) is 0 Å². The largest absolute Gasteiger partial charge is 0.402 e. The van der Waals surface area contributed by atoms with E-state index in [0.29, 0.717) is 5.69 Å². The van der Waals surface area contributed by atoms with E-state index in [1.807, 2.05) is 0 Å². The molecule has 0 aliphatic heterocycles. The van der Waals surface area contributed by atoms with Gasteiger partial charge in [-0.2, -0.15) is 0 Å². The lowest BCUT2D eigenvalue weighted by Crippen LogP contribution is -1.83. The van der Waals surface area contributed by atoms with Crippen molar-refractivity contribution in [1.82, 2.24) is 20.2 Å². The zero-order valence-corrected chi connectivity index (χ0v) is 6.01. The van der Waals surface area contributed by atoms with Gasteiger partial charge in [0.05, 0.1) is 6.20 Å². The minimum atomic E-state index is 0.0238. The van der Waals surface area contributed by atoms with Crippen molar-refractivity contribution >= 4 is 6.01 Å². The molecular formula is C6H5N5O. The third-order valence-electron chi connectivity index (χ3n) is 1.22. The first-order valence-corrected chi connectivity index (χ1v) is 3.21. The van der Waals surface area contributed by atoms with Gasteiger partial charge in [-0.15, -0.1) is 5.10 Å². The van der Waals surface area contributed by atoms with E-state index in [1.165, 1.54) is 12.4 Å². The zero-order chi connectivity index (χ0) is 8.39. The molecule has 0 saturated carbocycles. The lowest BCUT2D eigenvalue weighted by molar-refractivity contribution is 0.587. The van der Waals surface area contributed by atoms with Gasteiger partial charge in [-0.3, -0.25) is 4.98 Å². The molecule has 0 fully saturated rings. The van der Waals surface area contributed by atoms with Crippen molar-refractivity contribution in [1.29, 1.82) is 0 Å². The smallest absolute Gasteiger partial charge is 0.313 e. The standard InChI is InChI=1S/C6H5N5O/c7-6-11-10-5(12-6)4-3-8-1-2-9-4/h1-3H,(H2,7,11). The van der Waals surface area contributed by atoms with Crippen LogP contribution in [0.2, 0.25) is 0 Å². The van der Waals surface area contributed by atoms with Crippen LogP contribution in [-0.2, 0) is 0 Å². The van der Waals surface area contributed by atoms with E-state index in [9.17, 15) is 0 Å². The molecule has 6 heteroatoms. The molecule has 0 bridgehead atoms. The SMILES string of the molecule is Nc1nnc(-c2cnccn2)o1. The summed E-state index contributed by atoms with van der Waals surface area (Å²) in [6, 6.07) is 0.0238. The van der Waals surface area contributed by atoms with Gasteiger partial charge >= 0.3 is 6.01 Å². The van der Waals surface area contributed by atoms with Crippen molar-refractivity contribution in [2.24, 2.45) is 0 Å². The van der Waals surface area contributed by atoms with Gasteiger partial charge in [-0.25, -0.2) is 4.98 Å². The van der Waals surface area contributed by atoms with Crippen molar-refractivity contribution in [3.8, 4) is 11.6 Å². The van der Waals surface area contributed by atoms with Gasteiger partial charge in [0.2, 0.25) is 0 Å². The molecule has 2 rings (SSSR count). The molecule has 6 nitrogen and oxygen atoms in total. The summed E-state index contributed by atoms with van der Waals surface area (Å²) in [6.07, 6.45) is 4.62. The Balaban J connectivity index is 2.45. The highest BCUT2D eigenvalue weighted by Gasteiger charge is 2.06. The normalized spacial score (nSPS) is 10.0. The van der Waals surface area contributed by atoms with Crippen LogP contribution in [0.4, 0.5) is 6.01 Å². The van der Waals surface area contributed by atoms with Gasteiger partial charge in [-0.05, 0) is 0 Å². The minimum absolute atomic E-state index is 0.0238. The fraction of sp³-hybridized carbons (Fsp3) is 0. The highest BCUT2D eigenvalue weighted by Crippen LogP contribution is 2.13. The van der Waals surface area contributed by atoms with Crippen molar-refractivity contribution in [3.63, 3.8) is 0 Å². The summed E-state index contributed by atoms with van der Waals surface area (Å²) < 4.78 is 4.92. The predicted molar refractivity (Wildman–Crippen MR) is 39.7 cm³/mol. The Morgan fingerprint density at radius 1 is 1.25 bits per heavy atom. The van der Waals surface area contributed by atoms with E-state index in [2.05, 4.69) is 20.2 Å². The molecule has 0 radical (unpaired) electrons.